The average Bonchev–Trinajstić information content (AvgIpc) is 2.16. The number of aryl methyl sites for hydroxylation is 1. The van der Waals surface area contributed by atoms with Crippen molar-refractivity contribution in [3.8, 4) is 0 Å². The van der Waals surface area contributed by atoms with Crippen LogP contribution in [0.1, 0.15) is 6.42 Å². The third-order valence-corrected chi connectivity index (χ3v) is 1.87. The van der Waals surface area contributed by atoms with Crippen LogP contribution in [0, 0.1) is 0 Å². The first-order chi connectivity index (χ1) is 6.24. The van der Waals surface area contributed by atoms with Gasteiger partial charge in [-0.1, -0.05) is 6.07 Å². The molecule has 1 atom stereocenters. The van der Waals surface area contributed by atoms with Crippen LogP contribution in [0.2, 0.25) is 0 Å². The van der Waals surface area contributed by atoms with E-state index in [-0.39, 0.29) is 18.2 Å². The molecule has 4 heteroatoms. The fraction of sp³-hybridized carbons (Fsp3) is 0.444. The predicted octanol–water partition coefficient (Wildman–Crippen LogP) is -0.442. The standard InChI is InChI=1S/C9H14N2O2/c10-8(7-12)4-6-11-5-2-1-3-9(11)13/h1-3,5,8,12H,4,6-7,10H2. The van der Waals surface area contributed by atoms with E-state index in [0.717, 1.165) is 0 Å². The molecule has 1 rings (SSSR count). The monoisotopic (exact) mass is 182 g/mol. The number of hydrogen-bond acceptors (Lipinski definition) is 3. The smallest absolute Gasteiger partial charge is 0.250 e. The van der Waals surface area contributed by atoms with Crippen molar-refractivity contribution < 1.29 is 5.11 Å². The lowest BCUT2D eigenvalue weighted by Crippen LogP contribution is -2.28. The van der Waals surface area contributed by atoms with Crippen molar-refractivity contribution in [1.82, 2.24) is 4.57 Å². The van der Waals surface area contributed by atoms with E-state index in [1.165, 1.54) is 6.07 Å². The van der Waals surface area contributed by atoms with Gasteiger partial charge < -0.3 is 15.4 Å². The van der Waals surface area contributed by atoms with Gasteiger partial charge in [0, 0.05) is 24.8 Å². The van der Waals surface area contributed by atoms with Crippen molar-refractivity contribution in [1.29, 1.82) is 0 Å². The van der Waals surface area contributed by atoms with Crippen LogP contribution in [0.3, 0.4) is 0 Å². The number of hydrogen-bond donors (Lipinski definition) is 2. The second-order valence-corrected chi connectivity index (χ2v) is 2.96. The molecule has 0 radical (unpaired) electrons. The summed E-state index contributed by atoms with van der Waals surface area (Å²) in [6.45, 7) is 0.517. The maximum absolute atomic E-state index is 11.2. The molecule has 1 aromatic rings. The Hall–Kier alpha value is -1.13. The lowest BCUT2D eigenvalue weighted by atomic mass is 10.2. The van der Waals surface area contributed by atoms with Crippen molar-refractivity contribution in [3.05, 3.63) is 34.7 Å². The molecule has 0 bridgehead atoms. The summed E-state index contributed by atoms with van der Waals surface area (Å²) in [6.07, 6.45) is 2.33. The zero-order valence-corrected chi connectivity index (χ0v) is 7.39. The highest BCUT2D eigenvalue weighted by Gasteiger charge is 2.00. The van der Waals surface area contributed by atoms with Crippen molar-refractivity contribution in [2.24, 2.45) is 5.73 Å². The highest BCUT2D eigenvalue weighted by atomic mass is 16.3. The topological polar surface area (TPSA) is 68.2 Å². The van der Waals surface area contributed by atoms with E-state index in [9.17, 15) is 4.79 Å². The summed E-state index contributed by atoms with van der Waals surface area (Å²) in [4.78, 5) is 11.2. The summed E-state index contributed by atoms with van der Waals surface area (Å²) in [5.41, 5.74) is 5.47. The summed E-state index contributed by atoms with van der Waals surface area (Å²) in [6, 6.07) is 4.76. The van der Waals surface area contributed by atoms with Gasteiger partial charge in [0.1, 0.15) is 0 Å². The molecule has 13 heavy (non-hydrogen) atoms. The minimum Gasteiger partial charge on any atom is -0.395 e. The SMILES string of the molecule is NC(CO)CCn1ccccc1=O. The van der Waals surface area contributed by atoms with Gasteiger partial charge in [0.15, 0.2) is 0 Å². The van der Waals surface area contributed by atoms with Crippen molar-refractivity contribution in [2.45, 2.75) is 19.0 Å². The molecule has 0 aliphatic heterocycles. The summed E-state index contributed by atoms with van der Waals surface area (Å²) >= 11 is 0. The Morgan fingerprint density at radius 3 is 2.92 bits per heavy atom. The maximum atomic E-state index is 11.2. The van der Waals surface area contributed by atoms with Gasteiger partial charge in [0.25, 0.3) is 0 Å². The van der Waals surface area contributed by atoms with Crippen LogP contribution in [0.15, 0.2) is 29.2 Å². The molecule has 0 saturated carbocycles. The predicted molar refractivity (Wildman–Crippen MR) is 50.4 cm³/mol. The Morgan fingerprint density at radius 2 is 2.31 bits per heavy atom. The fourth-order valence-corrected chi connectivity index (χ4v) is 1.04. The normalized spacial score (nSPS) is 12.8. The van der Waals surface area contributed by atoms with Gasteiger partial charge in [-0.25, -0.2) is 0 Å². The Balaban J connectivity index is 2.55. The molecule has 1 unspecified atom stereocenters. The van der Waals surface area contributed by atoms with Gasteiger partial charge in [-0.15, -0.1) is 0 Å². The number of rotatable bonds is 4. The van der Waals surface area contributed by atoms with Gasteiger partial charge in [-0.3, -0.25) is 4.79 Å². The first kappa shape index (κ1) is 9.95. The molecule has 0 spiro atoms. The number of aromatic nitrogens is 1. The number of aliphatic hydroxyl groups excluding tert-OH is 1. The molecule has 1 aromatic heterocycles. The minimum atomic E-state index is -0.243. The summed E-state index contributed by atoms with van der Waals surface area (Å²) in [5, 5.41) is 8.67. The molecule has 0 aromatic carbocycles. The van der Waals surface area contributed by atoms with Crippen LogP contribution in [-0.4, -0.2) is 22.3 Å². The molecule has 0 fully saturated rings. The van der Waals surface area contributed by atoms with E-state index in [1.54, 1.807) is 22.9 Å². The quantitative estimate of drug-likeness (QED) is 0.663. The second-order valence-electron chi connectivity index (χ2n) is 2.96. The van der Waals surface area contributed by atoms with Crippen LogP contribution in [-0.2, 0) is 6.54 Å². The molecule has 4 nitrogen and oxygen atoms in total. The van der Waals surface area contributed by atoms with Crippen LogP contribution < -0.4 is 11.3 Å². The zero-order valence-electron chi connectivity index (χ0n) is 7.39. The minimum absolute atomic E-state index is 0.0346. The Kier molecular flexibility index (Phi) is 3.67. The average molecular weight is 182 g/mol. The molecule has 0 aliphatic carbocycles. The molecule has 72 valence electrons. The Labute approximate surface area is 76.6 Å². The van der Waals surface area contributed by atoms with E-state index < -0.39 is 0 Å². The van der Waals surface area contributed by atoms with Crippen molar-refractivity contribution in [3.63, 3.8) is 0 Å². The summed E-state index contributed by atoms with van der Waals surface area (Å²) in [5.74, 6) is 0. The highest BCUT2D eigenvalue weighted by molar-refractivity contribution is 4.93. The van der Waals surface area contributed by atoms with Crippen LogP contribution in [0.5, 0.6) is 0 Å². The van der Waals surface area contributed by atoms with E-state index in [2.05, 4.69) is 0 Å². The second kappa shape index (κ2) is 4.79. The molecule has 0 aliphatic rings. The number of nitrogens with zero attached hydrogens (tertiary/aromatic N) is 1. The van der Waals surface area contributed by atoms with Gasteiger partial charge >= 0.3 is 0 Å². The molecule has 0 amide bonds. The van der Waals surface area contributed by atoms with E-state index in [1.807, 2.05) is 0 Å². The van der Waals surface area contributed by atoms with Crippen LogP contribution in [0.25, 0.3) is 0 Å². The Morgan fingerprint density at radius 1 is 1.54 bits per heavy atom. The molecular formula is C9H14N2O2. The van der Waals surface area contributed by atoms with Gasteiger partial charge in [0.05, 0.1) is 6.61 Å². The molecule has 0 saturated heterocycles. The molecule has 1 heterocycles. The van der Waals surface area contributed by atoms with Crippen LogP contribution >= 0.6 is 0 Å². The zero-order chi connectivity index (χ0) is 9.68. The first-order valence-corrected chi connectivity index (χ1v) is 4.26. The van der Waals surface area contributed by atoms with Gasteiger partial charge in [0.2, 0.25) is 5.56 Å². The number of nitrogens with two attached hydrogens (primary N) is 1. The van der Waals surface area contributed by atoms with E-state index in [0.29, 0.717) is 13.0 Å². The summed E-state index contributed by atoms with van der Waals surface area (Å²) < 4.78 is 1.58. The first-order valence-electron chi connectivity index (χ1n) is 4.26. The molecular weight excluding hydrogens is 168 g/mol. The third-order valence-electron chi connectivity index (χ3n) is 1.87. The van der Waals surface area contributed by atoms with Gasteiger partial charge in [-0.2, -0.15) is 0 Å². The van der Waals surface area contributed by atoms with Crippen molar-refractivity contribution in [2.75, 3.05) is 6.61 Å². The summed E-state index contributed by atoms with van der Waals surface area (Å²) in [7, 11) is 0. The third kappa shape index (κ3) is 3.01. The molecule has 3 N–H and O–H groups in total. The highest BCUT2D eigenvalue weighted by Crippen LogP contribution is 1.91. The number of pyridine rings is 1. The lowest BCUT2D eigenvalue weighted by molar-refractivity contribution is 0.256. The van der Waals surface area contributed by atoms with E-state index in [4.69, 9.17) is 10.8 Å². The number of aliphatic hydroxyl groups is 1. The van der Waals surface area contributed by atoms with Gasteiger partial charge in [-0.05, 0) is 12.5 Å². The fourth-order valence-electron chi connectivity index (χ4n) is 1.04. The lowest BCUT2D eigenvalue weighted by Gasteiger charge is -2.08. The van der Waals surface area contributed by atoms with E-state index >= 15 is 0 Å². The largest absolute Gasteiger partial charge is 0.395 e. The Bertz CT molecular complexity index is 308. The van der Waals surface area contributed by atoms with Crippen molar-refractivity contribution >= 4 is 0 Å². The maximum Gasteiger partial charge on any atom is 0.250 e. The van der Waals surface area contributed by atoms with Crippen LogP contribution in [0.4, 0.5) is 0 Å².